The second kappa shape index (κ2) is 5.33. The Bertz CT molecular complexity index is 513. The van der Waals surface area contributed by atoms with Gasteiger partial charge in [-0.1, -0.05) is 25.5 Å². The van der Waals surface area contributed by atoms with Crippen molar-refractivity contribution in [3.8, 4) is 0 Å². The minimum Gasteiger partial charge on any atom is -0.341 e. The molecule has 19 heavy (non-hydrogen) atoms. The molecule has 0 amide bonds. The number of hydrogen-bond acceptors (Lipinski definition) is 2. The number of piperidine rings is 1. The molecular weight excluding hydrogens is 234 g/mol. The lowest BCUT2D eigenvalue weighted by Gasteiger charge is -2.38. The number of likely N-dealkylation sites (tertiary alicyclic amines) is 1. The van der Waals surface area contributed by atoms with E-state index < -0.39 is 0 Å². The zero-order valence-corrected chi connectivity index (χ0v) is 11.9. The van der Waals surface area contributed by atoms with Crippen LogP contribution in [-0.2, 0) is 0 Å². The average molecular weight is 257 g/mol. The fraction of sp³-hybridized carbons (Fsp3) is 0.562. The van der Waals surface area contributed by atoms with Gasteiger partial charge in [0.15, 0.2) is 0 Å². The zero-order valence-electron chi connectivity index (χ0n) is 11.9. The van der Waals surface area contributed by atoms with Crippen molar-refractivity contribution in [1.82, 2.24) is 14.9 Å². The van der Waals surface area contributed by atoms with E-state index >= 15 is 0 Å². The second-order valence-corrected chi connectivity index (χ2v) is 5.61. The van der Waals surface area contributed by atoms with Gasteiger partial charge in [-0.2, -0.15) is 0 Å². The minimum absolute atomic E-state index is 0.387. The second-order valence-electron chi connectivity index (χ2n) is 5.61. The normalized spacial score (nSPS) is 22.7. The monoisotopic (exact) mass is 257 g/mol. The van der Waals surface area contributed by atoms with E-state index in [1.54, 1.807) is 0 Å². The van der Waals surface area contributed by atoms with Crippen LogP contribution in [0.3, 0.4) is 0 Å². The van der Waals surface area contributed by atoms with Gasteiger partial charge in [-0.3, -0.25) is 4.90 Å². The summed E-state index contributed by atoms with van der Waals surface area (Å²) < 4.78 is 0. The summed E-state index contributed by atoms with van der Waals surface area (Å²) in [6, 6.07) is 9.40. The average Bonchev–Trinajstić information content (AvgIpc) is 2.90. The van der Waals surface area contributed by atoms with Crippen molar-refractivity contribution in [2.24, 2.45) is 0 Å². The number of para-hydroxylation sites is 2. The lowest BCUT2D eigenvalue weighted by Crippen LogP contribution is -2.41. The van der Waals surface area contributed by atoms with Crippen molar-refractivity contribution in [3.05, 3.63) is 30.1 Å². The smallest absolute Gasteiger partial charge is 0.124 e. The molecule has 2 heterocycles. The topological polar surface area (TPSA) is 31.9 Å². The summed E-state index contributed by atoms with van der Waals surface area (Å²) in [5, 5.41) is 0. The van der Waals surface area contributed by atoms with Crippen LogP contribution in [-0.4, -0.2) is 27.5 Å². The number of fused-ring (bicyclic) bond motifs is 1. The number of hydrogen-bond donors (Lipinski definition) is 1. The van der Waals surface area contributed by atoms with Crippen LogP contribution in [0.1, 0.15) is 51.4 Å². The third-order valence-corrected chi connectivity index (χ3v) is 4.44. The highest BCUT2D eigenvalue weighted by Crippen LogP contribution is 2.29. The Morgan fingerprint density at radius 3 is 3.00 bits per heavy atom. The number of imidazole rings is 1. The van der Waals surface area contributed by atoms with Crippen LogP contribution in [0, 0.1) is 0 Å². The standard InChI is InChI=1S/C16H23N3/c1-3-13-8-6-7-11-19(13)12(2)16-17-14-9-4-5-10-15(14)18-16/h4-5,9-10,12-13H,3,6-8,11H2,1-2H3,(H,17,18). The van der Waals surface area contributed by atoms with Crippen molar-refractivity contribution in [3.63, 3.8) is 0 Å². The van der Waals surface area contributed by atoms with Crippen molar-refractivity contribution in [2.75, 3.05) is 6.54 Å². The molecule has 3 rings (SSSR count). The molecule has 3 nitrogen and oxygen atoms in total. The first kappa shape index (κ1) is 12.7. The number of nitrogens with one attached hydrogen (secondary N) is 1. The lowest BCUT2D eigenvalue weighted by atomic mass is 9.98. The van der Waals surface area contributed by atoms with Crippen LogP contribution in [0.25, 0.3) is 11.0 Å². The summed E-state index contributed by atoms with van der Waals surface area (Å²) in [6.07, 6.45) is 5.27. The Morgan fingerprint density at radius 2 is 2.21 bits per heavy atom. The van der Waals surface area contributed by atoms with Crippen LogP contribution < -0.4 is 0 Å². The van der Waals surface area contributed by atoms with Crippen LogP contribution >= 0.6 is 0 Å². The molecule has 1 aromatic carbocycles. The van der Waals surface area contributed by atoms with E-state index in [4.69, 9.17) is 4.98 Å². The molecule has 0 aliphatic carbocycles. The molecule has 3 heteroatoms. The van der Waals surface area contributed by atoms with Crippen LogP contribution in [0.15, 0.2) is 24.3 Å². The predicted molar refractivity (Wildman–Crippen MR) is 79.1 cm³/mol. The van der Waals surface area contributed by atoms with Crippen LogP contribution in [0.5, 0.6) is 0 Å². The molecule has 2 unspecified atom stereocenters. The van der Waals surface area contributed by atoms with E-state index in [-0.39, 0.29) is 0 Å². The van der Waals surface area contributed by atoms with E-state index in [1.165, 1.54) is 32.2 Å². The number of H-pyrrole nitrogens is 1. The summed E-state index contributed by atoms with van der Waals surface area (Å²) in [5.74, 6) is 1.11. The molecule has 2 atom stereocenters. The van der Waals surface area contributed by atoms with Gasteiger partial charge in [0.25, 0.3) is 0 Å². The van der Waals surface area contributed by atoms with Crippen molar-refractivity contribution >= 4 is 11.0 Å². The molecule has 1 fully saturated rings. The number of aromatic nitrogens is 2. The van der Waals surface area contributed by atoms with Crippen molar-refractivity contribution in [1.29, 1.82) is 0 Å². The van der Waals surface area contributed by atoms with E-state index in [1.807, 2.05) is 6.07 Å². The summed E-state index contributed by atoms with van der Waals surface area (Å²) in [5.41, 5.74) is 2.23. The number of nitrogens with zero attached hydrogens (tertiary/aromatic N) is 2. The Balaban J connectivity index is 1.87. The van der Waals surface area contributed by atoms with Gasteiger partial charge in [0.05, 0.1) is 17.1 Å². The first-order valence-corrected chi connectivity index (χ1v) is 7.50. The summed E-state index contributed by atoms with van der Waals surface area (Å²) in [7, 11) is 0. The summed E-state index contributed by atoms with van der Waals surface area (Å²) in [6.45, 7) is 5.79. The molecule has 0 saturated carbocycles. The van der Waals surface area contributed by atoms with Gasteiger partial charge in [0, 0.05) is 6.04 Å². The van der Waals surface area contributed by atoms with Crippen molar-refractivity contribution in [2.45, 2.75) is 51.6 Å². The van der Waals surface area contributed by atoms with Crippen molar-refractivity contribution < 1.29 is 0 Å². The zero-order chi connectivity index (χ0) is 13.2. The highest BCUT2D eigenvalue weighted by Gasteiger charge is 2.27. The van der Waals surface area contributed by atoms with E-state index in [9.17, 15) is 0 Å². The Hall–Kier alpha value is -1.35. The predicted octanol–water partition coefficient (Wildman–Crippen LogP) is 3.89. The molecule has 0 radical (unpaired) electrons. The SMILES string of the molecule is CCC1CCCCN1C(C)c1nc2ccccc2[nH]1. The Labute approximate surface area is 115 Å². The van der Waals surface area contributed by atoms with E-state index in [2.05, 4.69) is 41.9 Å². The number of benzene rings is 1. The first-order chi connectivity index (χ1) is 9.29. The molecule has 1 aliphatic rings. The van der Waals surface area contributed by atoms with E-state index in [0.717, 1.165) is 22.9 Å². The Morgan fingerprint density at radius 1 is 1.37 bits per heavy atom. The van der Waals surface area contributed by atoms with E-state index in [0.29, 0.717) is 6.04 Å². The van der Waals surface area contributed by atoms with Gasteiger partial charge >= 0.3 is 0 Å². The highest BCUT2D eigenvalue weighted by atomic mass is 15.2. The van der Waals surface area contributed by atoms with Gasteiger partial charge in [0.2, 0.25) is 0 Å². The molecule has 1 aromatic heterocycles. The fourth-order valence-electron chi connectivity index (χ4n) is 3.30. The van der Waals surface area contributed by atoms with Gasteiger partial charge in [-0.15, -0.1) is 0 Å². The molecule has 1 saturated heterocycles. The molecule has 0 spiro atoms. The molecule has 1 aliphatic heterocycles. The third kappa shape index (κ3) is 2.39. The maximum absolute atomic E-state index is 4.76. The number of aromatic amines is 1. The fourth-order valence-corrected chi connectivity index (χ4v) is 3.30. The molecule has 102 valence electrons. The van der Waals surface area contributed by atoms with Crippen LogP contribution in [0.2, 0.25) is 0 Å². The summed E-state index contributed by atoms with van der Waals surface area (Å²) >= 11 is 0. The van der Waals surface area contributed by atoms with Gasteiger partial charge < -0.3 is 4.98 Å². The van der Waals surface area contributed by atoms with Gasteiger partial charge in [-0.25, -0.2) is 4.98 Å². The quantitative estimate of drug-likeness (QED) is 0.904. The van der Waals surface area contributed by atoms with Crippen LogP contribution in [0.4, 0.5) is 0 Å². The third-order valence-electron chi connectivity index (χ3n) is 4.44. The molecule has 1 N–H and O–H groups in total. The molecule has 2 aromatic rings. The minimum atomic E-state index is 0.387. The summed E-state index contributed by atoms with van der Waals surface area (Å²) in [4.78, 5) is 10.9. The van der Waals surface area contributed by atoms with Gasteiger partial charge in [-0.05, 0) is 44.9 Å². The number of rotatable bonds is 3. The maximum Gasteiger partial charge on any atom is 0.124 e. The maximum atomic E-state index is 4.76. The highest BCUT2D eigenvalue weighted by molar-refractivity contribution is 5.74. The molecule has 0 bridgehead atoms. The first-order valence-electron chi connectivity index (χ1n) is 7.50. The lowest BCUT2D eigenvalue weighted by molar-refractivity contribution is 0.0963. The van der Waals surface area contributed by atoms with Gasteiger partial charge in [0.1, 0.15) is 5.82 Å². The Kier molecular flexibility index (Phi) is 3.56. The molecular formula is C16H23N3. The largest absolute Gasteiger partial charge is 0.341 e.